The average molecular weight is 241 g/mol. The summed E-state index contributed by atoms with van der Waals surface area (Å²) in [4.78, 5) is 9.98. The molecular formula is C10H11NO4S. The Hall–Kier alpha value is -1.43. The number of hydrogen-bond acceptors (Lipinski definition) is 4. The van der Waals surface area contributed by atoms with Crippen LogP contribution in [-0.2, 0) is 9.84 Å². The van der Waals surface area contributed by atoms with Crippen LogP contribution >= 0.6 is 0 Å². The molecule has 1 fully saturated rings. The molecule has 5 nitrogen and oxygen atoms in total. The molecule has 1 aromatic rings. The Morgan fingerprint density at radius 3 is 2.31 bits per heavy atom. The quantitative estimate of drug-likeness (QED) is 0.580. The molecule has 1 aromatic carbocycles. The highest BCUT2D eigenvalue weighted by Gasteiger charge is 2.29. The molecule has 1 heterocycles. The van der Waals surface area contributed by atoms with E-state index in [1.165, 1.54) is 12.1 Å². The summed E-state index contributed by atoms with van der Waals surface area (Å²) in [5.41, 5.74) is 0.899. The predicted molar refractivity (Wildman–Crippen MR) is 59.1 cm³/mol. The summed E-state index contributed by atoms with van der Waals surface area (Å²) in [6.45, 7) is 0. The van der Waals surface area contributed by atoms with Crippen LogP contribution < -0.4 is 0 Å². The highest BCUT2D eigenvalue weighted by atomic mass is 32.2. The molecule has 6 heteroatoms. The van der Waals surface area contributed by atoms with Crippen LogP contribution in [0, 0.1) is 10.1 Å². The van der Waals surface area contributed by atoms with Gasteiger partial charge in [0, 0.05) is 12.1 Å². The Morgan fingerprint density at radius 2 is 1.88 bits per heavy atom. The number of nitrogens with zero attached hydrogens (tertiary/aromatic N) is 1. The van der Waals surface area contributed by atoms with Crippen molar-refractivity contribution in [2.24, 2.45) is 0 Å². The smallest absolute Gasteiger partial charge is 0.258 e. The molecule has 0 bridgehead atoms. The van der Waals surface area contributed by atoms with E-state index in [4.69, 9.17) is 0 Å². The zero-order chi connectivity index (χ0) is 11.8. The van der Waals surface area contributed by atoms with Crippen LogP contribution in [0.2, 0.25) is 0 Å². The molecule has 16 heavy (non-hydrogen) atoms. The Morgan fingerprint density at radius 1 is 1.25 bits per heavy atom. The van der Waals surface area contributed by atoms with E-state index >= 15 is 0 Å². The maximum atomic E-state index is 11.3. The number of sulfone groups is 1. The summed E-state index contributed by atoms with van der Waals surface area (Å²) in [6, 6.07) is 6.12. The maximum Gasteiger partial charge on any atom is 0.269 e. The van der Waals surface area contributed by atoms with E-state index in [-0.39, 0.29) is 23.1 Å². The van der Waals surface area contributed by atoms with Crippen LogP contribution in [0.1, 0.15) is 17.9 Å². The van der Waals surface area contributed by atoms with Gasteiger partial charge < -0.3 is 0 Å². The van der Waals surface area contributed by atoms with Crippen molar-refractivity contribution in [2.75, 3.05) is 11.5 Å². The molecule has 0 aliphatic carbocycles. The fraction of sp³-hybridized carbons (Fsp3) is 0.400. The van der Waals surface area contributed by atoms with Gasteiger partial charge in [0.25, 0.3) is 5.69 Å². The van der Waals surface area contributed by atoms with Crippen molar-refractivity contribution in [1.29, 1.82) is 0 Å². The molecule has 0 amide bonds. The van der Waals surface area contributed by atoms with E-state index in [1.54, 1.807) is 12.1 Å². The van der Waals surface area contributed by atoms with Gasteiger partial charge in [-0.15, -0.1) is 0 Å². The minimum atomic E-state index is -2.90. The van der Waals surface area contributed by atoms with Gasteiger partial charge in [-0.1, -0.05) is 12.1 Å². The summed E-state index contributed by atoms with van der Waals surface area (Å²) >= 11 is 0. The summed E-state index contributed by atoms with van der Waals surface area (Å²) in [5.74, 6) is 0.366. The van der Waals surface area contributed by atoms with Gasteiger partial charge in [-0.2, -0.15) is 0 Å². The number of benzene rings is 1. The lowest BCUT2D eigenvalue weighted by Gasteiger charge is -2.06. The van der Waals surface area contributed by atoms with Gasteiger partial charge in [0.1, 0.15) is 0 Å². The third-order valence-electron chi connectivity index (χ3n) is 2.81. The summed E-state index contributed by atoms with van der Waals surface area (Å²) in [5, 5.41) is 10.4. The van der Waals surface area contributed by atoms with Gasteiger partial charge in [-0.05, 0) is 17.9 Å². The van der Waals surface area contributed by atoms with Gasteiger partial charge >= 0.3 is 0 Å². The maximum absolute atomic E-state index is 11.3. The lowest BCUT2D eigenvalue weighted by Crippen LogP contribution is -2.03. The first kappa shape index (κ1) is 11.1. The van der Waals surface area contributed by atoms with Gasteiger partial charge in [0.2, 0.25) is 0 Å². The number of non-ortho nitro benzene ring substituents is 1. The van der Waals surface area contributed by atoms with Gasteiger partial charge in [0.15, 0.2) is 9.84 Å². The number of hydrogen-bond donors (Lipinski definition) is 0. The first-order valence-corrected chi connectivity index (χ1v) is 6.75. The van der Waals surface area contributed by atoms with E-state index in [2.05, 4.69) is 0 Å². The van der Waals surface area contributed by atoms with Crippen molar-refractivity contribution in [3.63, 3.8) is 0 Å². The van der Waals surface area contributed by atoms with E-state index in [9.17, 15) is 18.5 Å². The fourth-order valence-corrected chi connectivity index (χ4v) is 3.71. The highest BCUT2D eigenvalue weighted by Crippen LogP contribution is 2.29. The van der Waals surface area contributed by atoms with Crippen LogP contribution in [0.4, 0.5) is 5.69 Å². The van der Waals surface area contributed by atoms with E-state index in [1.807, 2.05) is 0 Å². The minimum Gasteiger partial charge on any atom is -0.258 e. The van der Waals surface area contributed by atoms with Gasteiger partial charge in [-0.3, -0.25) is 10.1 Å². The SMILES string of the molecule is O=[N+]([O-])c1ccc([C@@H]2CCS(=O)(=O)C2)cc1. The standard InChI is InChI=1S/C10H11NO4S/c12-11(13)10-3-1-8(2-4-10)9-5-6-16(14,15)7-9/h1-4,9H,5-7H2/t9-/m1/s1. The molecule has 1 saturated heterocycles. The summed E-state index contributed by atoms with van der Waals surface area (Å²) < 4.78 is 22.6. The Balaban J connectivity index is 2.20. The fourth-order valence-electron chi connectivity index (χ4n) is 1.93. The first-order chi connectivity index (χ1) is 7.48. The zero-order valence-electron chi connectivity index (χ0n) is 8.50. The molecule has 0 aromatic heterocycles. The highest BCUT2D eigenvalue weighted by molar-refractivity contribution is 7.91. The van der Waals surface area contributed by atoms with Crippen molar-refractivity contribution < 1.29 is 13.3 Å². The average Bonchev–Trinajstić information content (AvgIpc) is 2.59. The lowest BCUT2D eigenvalue weighted by molar-refractivity contribution is -0.384. The monoisotopic (exact) mass is 241 g/mol. The van der Waals surface area contributed by atoms with Crippen LogP contribution in [0.15, 0.2) is 24.3 Å². The second-order valence-corrected chi connectivity index (χ2v) is 6.18. The van der Waals surface area contributed by atoms with Crippen molar-refractivity contribution >= 4 is 15.5 Å². The molecule has 2 rings (SSSR count). The van der Waals surface area contributed by atoms with Crippen LogP contribution in [-0.4, -0.2) is 24.8 Å². The largest absolute Gasteiger partial charge is 0.269 e. The first-order valence-electron chi connectivity index (χ1n) is 4.93. The number of nitro benzene ring substituents is 1. The second kappa shape index (κ2) is 3.86. The number of rotatable bonds is 2. The topological polar surface area (TPSA) is 77.3 Å². The van der Waals surface area contributed by atoms with Crippen molar-refractivity contribution in [3.05, 3.63) is 39.9 Å². The summed E-state index contributed by atoms with van der Waals surface area (Å²) in [6.07, 6.45) is 0.611. The van der Waals surface area contributed by atoms with Crippen molar-refractivity contribution in [1.82, 2.24) is 0 Å². The Labute approximate surface area is 93.2 Å². The molecule has 0 radical (unpaired) electrons. The van der Waals surface area contributed by atoms with E-state index in [0.29, 0.717) is 6.42 Å². The molecule has 1 atom stereocenters. The predicted octanol–water partition coefficient (Wildman–Crippen LogP) is 1.50. The Kier molecular flexibility index (Phi) is 2.67. The molecule has 1 aliphatic rings. The van der Waals surface area contributed by atoms with Crippen molar-refractivity contribution in [2.45, 2.75) is 12.3 Å². The molecular weight excluding hydrogens is 230 g/mol. The molecule has 86 valence electrons. The lowest BCUT2D eigenvalue weighted by atomic mass is 9.99. The molecule has 0 saturated carbocycles. The second-order valence-electron chi connectivity index (χ2n) is 3.95. The summed E-state index contributed by atoms with van der Waals surface area (Å²) in [7, 11) is -2.90. The van der Waals surface area contributed by atoms with Gasteiger partial charge in [-0.25, -0.2) is 8.42 Å². The van der Waals surface area contributed by atoms with Crippen LogP contribution in [0.5, 0.6) is 0 Å². The zero-order valence-corrected chi connectivity index (χ0v) is 9.31. The number of nitro groups is 1. The third-order valence-corrected chi connectivity index (χ3v) is 4.58. The molecule has 0 unspecified atom stereocenters. The van der Waals surface area contributed by atoms with Crippen LogP contribution in [0.25, 0.3) is 0 Å². The molecule has 0 spiro atoms. The van der Waals surface area contributed by atoms with E-state index in [0.717, 1.165) is 5.56 Å². The molecule has 0 N–H and O–H groups in total. The minimum absolute atomic E-state index is 0.00851. The normalized spacial score (nSPS) is 23.1. The Bertz CT molecular complexity index is 506. The third kappa shape index (κ3) is 2.21. The molecule has 1 aliphatic heterocycles. The van der Waals surface area contributed by atoms with Gasteiger partial charge in [0.05, 0.1) is 16.4 Å². The van der Waals surface area contributed by atoms with Crippen molar-refractivity contribution in [3.8, 4) is 0 Å². The van der Waals surface area contributed by atoms with Crippen LogP contribution in [0.3, 0.4) is 0 Å². The van der Waals surface area contributed by atoms with E-state index < -0.39 is 14.8 Å².